The quantitative estimate of drug-likeness (QED) is 0.486. The zero-order valence-electron chi connectivity index (χ0n) is 17.0. The molecule has 0 aliphatic heterocycles. The number of rotatable bonds is 7. The second kappa shape index (κ2) is 8.42. The van der Waals surface area contributed by atoms with E-state index in [0.717, 1.165) is 0 Å². The summed E-state index contributed by atoms with van der Waals surface area (Å²) in [6.07, 6.45) is 0.659. The van der Waals surface area contributed by atoms with E-state index in [-0.39, 0.29) is 24.1 Å². The van der Waals surface area contributed by atoms with Gasteiger partial charge in [-0.15, -0.1) is 11.3 Å². The molecule has 1 N–H and O–H groups in total. The number of aliphatic hydroxyl groups is 1. The summed E-state index contributed by atoms with van der Waals surface area (Å²) < 4.78 is 7.17. The van der Waals surface area contributed by atoms with Gasteiger partial charge < -0.3 is 9.84 Å². The molecule has 30 heavy (non-hydrogen) atoms. The van der Waals surface area contributed by atoms with Crippen molar-refractivity contribution >= 4 is 21.6 Å². The van der Waals surface area contributed by atoms with E-state index >= 15 is 0 Å². The zero-order valence-corrected chi connectivity index (χ0v) is 17.8. The molecule has 0 fully saturated rings. The predicted molar refractivity (Wildman–Crippen MR) is 120 cm³/mol. The van der Waals surface area contributed by atoms with Gasteiger partial charge in [0.05, 0.1) is 18.3 Å². The average molecular weight is 421 g/mol. The van der Waals surface area contributed by atoms with Crippen molar-refractivity contribution in [1.29, 1.82) is 0 Å². The molecule has 6 heteroatoms. The smallest absolute Gasteiger partial charge is 0.262 e. The molecule has 0 saturated heterocycles. The van der Waals surface area contributed by atoms with E-state index in [4.69, 9.17) is 4.74 Å². The fourth-order valence-electron chi connectivity index (χ4n) is 3.48. The summed E-state index contributed by atoms with van der Waals surface area (Å²) in [5, 5.41) is 12.7. The van der Waals surface area contributed by atoms with Crippen molar-refractivity contribution in [2.45, 2.75) is 31.9 Å². The number of aromatic nitrogens is 2. The van der Waals surface area contributed by atoms with E-state index in [2.05, 4.69) is 31.0 Å². The van der Waals surface area contributed by atoms with E-state index in [9.17, 15) is 9.90 Å². The fraction of sp³-hybridized carbons (Fsp3) is 0.250. The Morgan fingerprint density at radius 2 is 1.77 bits per heavy atom. The molecule has 0 amide bonds. The highest BCUT2D eigenvalue weighted by molar-refractivity contribution is 7.16. The number of benzene rings is 2. The fourth-order valence-corrected chi connectivity index (χ4v) is 4.21. The highest BCUT2D eigenvalue weighted by Gasteiger charge is 2.22. The molecule has 0 radical (unpaired) electrons. The molecule has 0 aliphatic carbocycles. The van der Waals surface area contributed by atoms with Crippen molar-refractivity contribution < 1.29 is 9.84 Å². The lowest BCUT2D eigenvalue weighted by molar-refractivity contribution is 0.0915. The molecule has 1 atom stereocenters. The largest absolute Gasteiger partial charge is 0.491 e. The van der Waals surface area contributed by atoms with Crippen LogP contribution < -0.4 is 10.3 Å². The van der Waals surface area contributed by atoms with Gasteiger partial charge in [0.2, 0.25) is 0 Å². The van der Waals surface area contributed by atoms with Crippen LogP contribution in [-0.2, 0) is 12.0 Å². The van der Waals surface area contributed by atoms with Crippen molar-refractivity contribution in [3.05, 3.63) is 93.9 Å². The third-order valence-electron chi connectivity index (χ3n) is 5.37. The van der Waals surface area contributed by atoms with Crippen molar-refractivity contribution in [3.63, 3.8) is 0 Å². The number of hydrogen-bond acceptors (Lipinski definition) is 5. The van der Waals surface area contributed by atoms with Gasteiger partial charge in [-0.05, 0) is 34.7 Å². The summed E-state index contributed by atoms with van der Waals surface area (Å²) in [6, 6.07) is 20.1. The number of ether oxygens (including phenoxy) is 1. The third-order valence-corrected chi connectivity index (χ3v) is 6.19. The predicted octanol–water partition coefficient (Wildman–Crippen LogP) is 4.22. The van der Waals surface area contributed by atoms with Crippen LogP contribution in [-0.4, -0.2) is 27.4 Å². The van der Waals surface area contributed by atoms with Gasteiger partial charge in [0, 0.05) is 5.41 Å². The van der Waals surface area contributed by atoms with Gasteiger partial charge in [-0.1, -0.05) is 56.3 Å². The van der Waals surface area contributed by atoms with E-state index in [1.807, 2.05) is 47.8 Å². The van der Waals surface area contributed by atoms with Crippen molar-refractivity contribution in [2.75, 3.05) is 6.61 Å². The Labute approximate surface area is 179 Å². The molecule has 0 aliphatic rings. The highest BCUT2D eigenvalue weighted by Crippen LogP contribution is 2.32. The first-order valence-corrected chi connectivity index (χ1v) is 10.7. The lowest BCUT2D eigenvalue weighted by Crippen LogP contribution is -2.30. The maximum Gasteiger partial charge on any atom is 0.262 e. The molecular formula is C24H24N2O3S. The Balaban J connectivity index is 1.39. The van der Waals surface area contributed by atoms with Crippen LogP contribution in [0.3, 0.4) is 0 Å². The first kappa shape index (κ1) is 20.3. The van der Waals surface area contributed by atoms with Crippen molar-refractivity contribution in [2.24, 2.45) is 0 Å². The maximum atomic E-state index is 12.4. The van der Waals surface area contributed by atoms with Gasteiger partial charge in [0.25, 0.3) is 5.56 Å². The van der Waals surface area contributed by atoms with Crippen LogP contribution in [0.2, 0.25) is 0 Å². The number of hydrogen-bond donors (Lipinski definition) is 1. The van der Waals surface area contributed by atoms with E-state index in [0.29, 0.717) is 16.0 Å². The van der Waals surface area contributed by atoms with Crippen LogP contribution in [0.5, 0.6) is 5.75 Å². The number of aliphatic hydroxyl groups excluding tert-OH is 1. The summed E-state index contributed by atoms with van der Waals surface area (Å²) >= 11 is 1.43. The summed E-state index contributed by atoms with van der Waals surface area (Å²) in [4.78, 5) is 17.4. The highest BCUT2D eigenvalue weighted by atomic mass is 32.1. The minimum absolute atomic E-state index is 0.0928. The van der Waals surface area contributed by atoms with Gasteiger partial charge in [0.1, 0.15) is 23.3 Å². The lowest BCUT2D eigenvalue weighted by Gasteiger charge is -2.26. The van der Waals surface area contributed by atoms with Crippen molar-refractivity contribution in [1.82, 2.24) is 9.55 Å². The standard InChI is InChI=1S/C24H24N2O3S/c1-24(2,17-6-4-3-5-7-17)18-8-10-20(11-9-18)29-15-19(27)14-26-16-25-22-21(23(26)28)12-13-30-22/h3-13,16,19,27H,14-15H2,1-2H3/t19-/m1/s1. The van der Waals surface area contributed by atoms with Crippen LogP contribution in [0.4, 0.5) is 0 Å². The summed E-state index contributed by atoms with van der Waals surface area (Å²) in [7, 11) is 0. The molecule has 5 nitrogen and oxygen atoms in total. The number of thiophene rings is 1. The van der Waals surface area contributed by atoms with E-state index in [1.165, 1.54) is 33.4 Å². The number of fused-ring (bicyclic) bond motifs is 1. The lowest BCUT2D eigenvalue weighted by atomic mass is 9.78. The summed E-state index contributed by atoms with van der Waals surface area (Å²) in [5.41, 5.74) is 2.17. The second-order valence-corrected chi connectivity index (χ2v) is 8.72. The molecule has 2 aromatic heterocycles. The Morgan fingerprint density at radius 1 is 1.07 bits per heavy atom. The SMILES string of the molecule is CC(C)(c1ccccc1)c1ccc(OC[C@H](O)Cn2cnc3sccc3c2=O)cc1. The van der Waals surface area contributed by atoms with Crippen LogP contribution in [0.25, 0.3) is 10.2 Å². The molecule has 0 saturated carbocycles. The Morgan fingerprint density at radius 3 is 2.50 bits per heavy atom. The van der Waals surface area contributed by atoms with Gasteiger partial charge >= 0.3 is 0 Å². The van der Waals surface area contributed by atoms with Crippen LogP contribution >= 0.6 is 11.3 Å². The first-order valence-electron chi connectivity index (χ1n) is 9.85. The molecule has 2 heterocycles. The van der Waals surface area contributed by atoms with E-state index < -0.39 is 6.10 Å². The first-order chi connectivity index (χ1) is 14.4. The molecule has 0 spiro atoms. The van der Waals surface area contributed by atoms with Gasteiger partial charge in [-0.2, -0.15) is 0 Å². The molecule has 2 aromatic carbocycles. The third kappa shape index (κ3) is 4.15. The molecule has 0 unspecified atom stereocenters. The Kier molecular flexibility index (Phi) is 5.70. The zero-order chi connectivity index (χ0) is 21.1. The summed E-state index contributed by atoms with van der Waals surface area (Å²) in [6.45, 7) is 4.61. The molecule has 4 aromatic rings. The minimum Gasteiger partial charge on any atom is -0.491 e. The molecule has 154 valence electrons. The summed E-state index contributed by atoms with van der Waals surface area (Å²) in [5.74, 6) is 0.681. The Bertz CT molecular complexity index is 1180. The van der Waals surface area contributed by atoms with Crippen LogP contribution in [0.15, 0.2) is 77.2 Å². The van der Waals surface area contributed by atoms with Crippen molar-refractivity contribution in [3.8, 4) is 5.75 Å². The van der Waals surface area contributed by atoms with E-state index in [1.54, 1.807) is 6.07 Å². The van der Waals surface area contributed by atoms with Gasteiger partial charge in [-0.25, -0.2) is 4.98 Å². The molecule has 0 bridgehead atoms. The topological polar surface area (TPSA) is 64.3 Å². The number of nitrogens with zero attached hydrogens (tertiary/aromatic N) is 2. The molecular weight excluding hydrogens is 396 g/mol. The maximum absolute atomic E-state index is 12.4. The molecule has 4 rings (SSSR count). The van der Waals surface area contributed by atoms with Gasteiger partial charge in [0.15, 0.2) is 0 Å². The van der Waals surface area contributed by atoms with Gasteiger partial charge in [-0.3, -0.25) is 9.36 Å². The normalized spacial score (nSPS) is 12.8. The average Bonchev–Trinajstić information content (AvgIpc) is 3.25. The Hall–Kier alpha value is -2.96. The van der Waals surface area contributed by atoms with Crippen LogP contribution in [0.1, 0.15) is 25.0 Å². The second-order valence-electron chi connectivity index (χ2n) is 7.82. The minimum atomic E-state index is -0.818. The van der Waals surface area contributed by atoms with Crippen LogP contribution in [0, 0.1) is 0 Å². The monoisotopic (exact) mass is 420 g/mol.